The zero-order valence-electron chi connectivity index (χ0n) is 20.3. The molecular formula is C27H29BrN2O5. The summed E-state index contributed by atoms with van der Waals surface area (Å²) in [6.45, 7) is 7.18. The lowest BCUT2D eigenvalue weighted by atomic mass is 10.1. The molecule has 3 aromatic rings. The summed E-state index contributed by atoms with van der Waals surface area (Å²) in [5, 5.41) is 4.09. The van der Waals surface area contributed by atoms with Gasteiger partial charge in [-0.3, -0.25) is 4.79 Å². The molecular weight excluding hydrogens is 512 g/mol. The number of benzene rings is 3. The van der Waals surface area contributed by atoms with Crippen molar-refractivity contribution in [1.29, 1.82) is 0 Å². The minimum Gasteiger partial charge on any atom is -0.493 e. The first-order valence-electron chi connectivity index (χ1n) is 11.2. The molecule has 35 heavy (non-hydrogen) atoms. The van der Waals surface area contributed by atoms with Gasteiger partial charge in [0, 0.05) is 5.56 Å². The highest BCUT2D eigenvalue weighted by Gasteiger charge is 2.13. The van der Waals surface area contributed by atoms with Gasteiger partial charge >= 0.3 is 0 Å². The number of rotatable bonds is 11. The van der Waals surface area contributed by atoms with Crippen molar-refractivity contribution in [3.05, 3.63) is 81.3 Å². The standard InChI is InChI=1S/C27H29BrN2O5/c1-5-33-23-12-11-21(15-24(23)34-6-2)27(31)30-29-16-20-13-22(28)26(25(14-20)32-4)35-17-19-9-7-18(3)8-10-19/h7-16H,5-6,17H2,1-4H3,(H,30,31)/b29-16+. The molecule has 3 aromatic carbocycles. The van der Waals surface area contributed by atoms with Crippen LogP contribution in [0.15, 0.2) is 64.2 Å². The minimum atomic E-state index is -0.366. The molecule has 3 rings (SSSR count). The predicted molar refractivity (Wildman–Crippen MR) is 140 cm³/mol. The normalized spacial score (nSPS) is 10.8. The second-order valence-electron chi connectivity index (χ2n) is 7.54. The Morgan fingerprint density at radius 3 is 2.34 bits per heavy atom. The number of methoxy groups -OCH3 is 1. The molecule has 8 heteroatoms. The van der Waals surface area contributed by atoms with Crippen molar-refractivity contribution in [2.45, 2.75) is 27.4 Å². The SMILES string of the molecule is CCOc1ccc(C(=O)N/N=C/c2cc(Br)c(OCc3ccc(C)cc3)c(OC)c2)cc1OCC. The molecule has 0 saturated carbocycles. The number of hydrogen-bond donors (Lipinski definition) is 1. The molecule has 0 aromatic heterocycles. The number of carbonyl (C=O) groups is 1. The van der Waals surface area contributed by atoms with Gasteiger partial charge in [0.05, 0.1) is 31.0 Å². The number of hydrogen-bond acceptors (Lipinski definition) is 6. The van der Waals surface area contributed by atoms with E-state index in [-0.39, 0.29) is 5.91 Å². The molecule has 7 nitrogen and oxygen atoms in total. The predicted octanol–water partition coefficient (Wildman–Crippen LogP) is 5.91. The first-order chi connectivity index (χ1) is 16.9. The quantitative estimate of drug-likeness (QED) is 0.241. The maximum atomic E-state index is 12.6. The van der Waals surface area contributed by atoms with Gasteiger partial charge in [-0.25, -0.2) is 5.43 Å². The Morgan fingerprint density at radius 1 is 0.943 bits per heavy atom. The molecule has 0 unspecified atom stereocenters. The van der Waals surface area contributed by atoms with Crippen LogP contribution in [0.5, 0.6) is 23.0 Å². The summed E-state index contributed by atoms with van der Waals surface area (Å²) >= 11 is 3.54. The second-order valence-corrected chi connectivity index (χ2v) is 8.39. The van der Waals surface area contributed by atoms with Crippen LogP contribution in [0.3, 0.4) is 0 Å². The van der Waals surface area contributed by atoms with Gasteiger partial charge in [0.25, 0.3) is 5.91 Å². The van der Waals surface area contributed by atoms with E-state index in [0.29, 0.717) is 52.9 Å². The first kappa shape index (κ1) is 26.1. The van der Waals surface area contributed by atoms with Crippen molar-refractivity contribution in [1.82, 2.24) is 5.43 Å². The van der Waals surface area contributed by atoms with Gasteiger partial charge in [-0.1, -0.05) is 29.8 Å². The largest absolute Gasteiger partial charge is 0.493 e. The van der Waals surface area contributed by atoms with Crippen molar-refractivity contribution in [3.63, 3.8) is 0 Å². The van der Waals surface area contributed by atoms with Gasteiger partial charge < -0.3 is 18.9 Å². The van der Waals surface area contributed by atoms with Gasteiger partial charge in [-0.05, 0) is 78.2 Å². The molecule has 0 aliphatic heterocycles. The number of amides is 1. The van der Waals surface area contributed by atoms with E-state index in [2.05, 4.69) is 26.5 Å². The molecule has 0 bridgehead atoms. The van der Waals surface area contributed by atoms with Gasteiger partial charge in [0.1, 0.15) is 6.61 Å². The van der Waals surface area contributed by atoms with Crippen molar-refractivity contribution < 1.29 is 23.7 Å². The number of carbonyl (C=O) groups excluding carboxylic acids is 1. The van der Waals surface area contributed by atoms with Crippen LogP contribution in [0.25, 0.3) is 0 Å². The summed E-state index contributed by atoms with van der Waals surface area (Å²) in [4.78, 5) is 12.6. The number of ether oxygens (including phenoxy) is 4. The van der Waals surface area contributed by atoms with E-state index in [0.717, 1.165) is 11.1 Å². The molecule has 0 spiro atoms. The van der Waals surface area contributed by atoms with Crippen LogP contribution in [0.4, 0.5) is 0 Å². The Labute approximate surface area is 214 Å². The molecule has 0 fully saturated rings. The number of aryl methyl sites for hydroxylation is 1. The topological polar surface area (TPSA) is 78.4 Å². The van der Waals surface area contributed by atoms with Gasteiger partial charge in [-0.2, -0.15) is 5.10 Å². The zero-order valence-corrected chi connectivity index (χ0v) is 21.8. The number of nitrogens with one attached hydrogen (secondary N) is 1. The third-order valence-electron chi connectivity index (χ3n) is 4.94. The van der Waals surface area contributed by atoms with Crippen molar-refractivity contribution in [2.24, 2.45) is 5.10 Å². The summed E-state index contributed by atoms with van der Waals surface area (Å²) in [5.74, 6) is 1.88. The smallest absolute Gasteiger partial charge is 0.271 e. The lowest BCUT2D eigenvalue weighted by Crippen LogP contribution is -2.17. The fourth-order valence-corrected chi connectivity index (χ4v) is 3.79. The minimum absolute atomic E-state index is 0.366. The molecule has 0 heterocycles. The fourth-order valence-electron chi connectivity index (χ4n) is 3.22. The average Bonchev–Trinajstić information content (AvgIpc) is 2.85. The molecule has 0 aliphatic rings. The summed E-state index contributed by atoms with van der Waals surface area (Å²) in [7, 11) is 1.57. The highest BCUT2D eigenvalue weighted by Crippen LogP contribution is 2.37. The maximum Gasteiger partial charge on any atom is 0.271 e. The van der Waals surface area contributed by atoms with Crippen molar-refractivity contribution >= 4 is 28.1 Å². The molecule has 0 aliphatic carbocycles. The molecule has 0 saturated heterocycles. The monoisotopic (exact) mass is 540 g/mol. The van der Waals surface area contributed by atoms with Crippen LogP contribution >= 0.6 is 15.9 Å². The number of halogens is 1. The van der Waals surface area contributed by atoms with Crippen LogP contribution in [0.2, 0.25) is 0 Å². The Kier molecular flexibility index (Phi) is 9.55. The summed E-state index contributed by atoms with van der Waals surface area (Å²) in [6.07, 6.45) is 1.53. The lowest BCUT2D eigenvalue weighted by molar-refractivity contribution is 0.0954. The Morgan fingerprint density at radius 2 is 1.66 bits per heavy atom. The number of hydrazone groups is 1. The first-order valence-corrected chi connectivity index (χ1v) is 12.0. The summed E-state index contributed by atoms with van der Waals surface area (Å²) in [5.41, 5.74) is 5.92. The van der Waals surface area contributed by atoms with E-state index in [1.807, 2.05) is 51.1 Å². The van der Waals surface area contributed by atoms with Gasteiger partial charge in [0.2, 0.25) is 0 Å². The van der Waals surface area contributed by atoms with Crippen LogP contribution < -0.4 is 24.4 Å². The molecule has 1 amide bonds. The van der Waals surface area contributed by atoms with E-state index in [1.54, 1.807) is 31.4 Å². The summed E-state index contributed by atoms with van der Waals surface area (Å²) < 4.78 is 23.3. The van der Waals surface area contributed by atoms with E-state index >= 15 is 0 Å². The zero-order chi connectivity index (χ0) is 25.2. The van der Waals surface area contributed by atoms with Crippen molar-refractivity contribution in [2.75, 3.05) is 20.3 Å². The van der Waals surface area contributed by atoms with E-state index in [4.69, 9.17) is 18.9 Å². The number of nitrogens with zero attached hydrogens (tertiary/aromatic N) is 1. The molecule has 184 valence electrons. The second kappa shape index (κ2) is 12.8. The molecule has 0 atom stereocenters. The highest BCUT2D eigenvalue weighted by atomic mass is 79.9. The van der Waals surface area contributed by atoms with Crippen LogP contribution in [0.1, 0.15) is 40.9 Å². The van der Waals surface area contributed by atoms with Crippen LogP contribution in [-0.4, -0.2) is 32.4 Å². The Hall–Kier alpha value is -3.52. The highest BCUT2D eigenvalue weighted by molar-refractivity contribution is 9.10. The van der Waals surface area contributed by atoms with Crippen LogP contribution in [-0.2, 0) is 6.61 Å². The fraction of sp³-hybridized carbons (Fsp3) is 0.259. The third-order valence-corrected chi connectivity index (χ3v) is 5.53. The van der Waals surface area contributed by atoms with E-state index < -0.39 is 0 Å². The average molecular weight is 541 g/mol. The third kappa shape index (κ3) is 7.23. The van der Waals surface area contributed by atoms with Gasteiger partial charge in [-0.15, -0.1) is 0 Å². The van der Waals surface area contributed by atoms with Gasteiger partial charge in [0.15, 0.2) is 23.0 Å². The van der Waals surface area contributed by atoms with Crippen LogP contribution in [0, 0.1) is 6.92 Å². The lowest BCUT2D eigenvalue weighted by Gasteiger charge is -2.14. The molecule has 0 radical (unpaired) electrons. The summed E-state index contributed by atoms with van der Waals surface area (Å²) in [6, 6.07) is 16.8. The maximum absolute atomic E-state index is 12.6. The Balaban J connectivity index is 1.68. The van der Waals surface area contributed by atoms with Crippen molar-refractivity contribution in [3.8, 4) is 23.0 Å². The van der Waals surface area contributed by atoms with E-state index in [9.17, 15) is 4.79 Å². The molecule has 1 N–H and O–H groups in total. The van der Waals surface area contributed by atoms with E-state index in [1.165, 1.54) is 11.8 Å². The Bertz CT molecular complexity index is 1180.